The van der Waals surface area contributed by atoms with Crippen molar-refractivity contribution in [2.24, 2.45) is 4.99 Å². The lowest BCUT2D eigenvalue weighted by molar-refractivity contribution is 0.585. The van der Waals surface area contributed by atoms with Crippen LogP contribution in [0, 0.1) is 5.82 Å². The Hall–Kier alpha value is -2.48. The molecule has 114 valence electrons. The predicted octanol–water partition coefficient (Wildman–Crippen LogP) is 1.17. The second kappa shape index (κ2) is 4.77. The fraction of sp³-hybridized carbons (Fsp3) is 0.143. The van der Waals surface area contributed by atoms with Crippen molar-refractivity contribution in [1.82, 2.24) is 4.98 Å². The number of sulfone groups is 1. The van der Waals surface area contributed by atoms with Crippen LogP contribution in [0.2, 0.25) is 0 Å². The quantitative estimate of drug-likeness (QED) is 0.516. The van der Waals surface area contributed by atoms with Crippen LogP contribution in [0.5, 0.6) is 0 Å². The zero-order valence-electron chi connectivity index (χ0n) is 11.7. The molecule has 2 heterocycles. The van der Waals surface area contributed by atoms with Gasteiger partial charge in [-0.05, 0) is 23.8 Å². The highest BCUT2D eigenvalue weighted by atomic mass is 32.2. The van der Waals surface area contributed by atoms with E-state index in [1.54, 1.807) is 7.05 Å². The lowest BCUT2D eigenvalue weighted by Gasteiger charge is -2.22. The molecule has 0 bridgehead atoms. The second-order valence-corrected chi connectivity index (χ2v) is 6.76. The molecule has 0 amide bonds. The van der Waals surface area contributed by atoms with Crippen LogP contribution in [0.4, 0.5) is 15.9 Å². The first-order chi connectivity index (χ1) is 10.4. The number of nitrogen functional groups attached to an aromatic ring is 2. The smallest absolute Gasteiger partial charge is 0.224 e. The number of anilines is 2. The van der Waals surface area contributed by atoms with Crippen LogP contribution in [0.15, 0.2) is 33.1 Å². The normalized spacial score (nSPS) is 15.5. The third-order valence-corrected chi connectivity index (χ3v) is 5.39. The van der Waals surface area contributed by atoms with Crippen molar-refractivity contribution in [3.8, 4) is 0 Å². The first-order valence-corrected chi connectivity index (χ1v) is 7.88. The van der Waals surface area contributed by atoms with Gasteiger partial charge in [-0.1, -0.05) is 0 Å². The standard InChI is InChI=1S/C14H13FN4O2S/c1-18-6-10-12(16)9-5-7-4-8(15)2-3-11(7)22(20,21)14(9)19-13(10)17/h2-4,6H,5H2,1H3,(H4,16,17,19). The van der Waals surface area contributed by atoms with Crippen LogP contribution in [-0.4, -0.2) is 26.7 Å². The van der Waals surface area contributed by atoms with E-state index in [9.17, 15) is 12.8 Å². The highest BCUT2D eigenvalue weighted by Crippen LogP contribution is 2.38. The molecular formula is C14H13FN4O2S. The number of halogens is 1. The predicted molar refractivity (Wildman–Crippen MR) is 81.2 cm³/mol. The van der Waals surface area contributed by atoms with Gasteiger partial charge in [-0.3, -0.25) is 4.99 Å². The summed E-state index contributed by atoms with van der Waals surface area (Å²) in [7, 11) is -2.34. The third-order valence-electron chi connectivity index (χ3n) is 3.56. The lowest BCUT2D eigenvalue weighted by atomic mass is 10.0. The summed E-state index contributed by atoms with van der Waals surface area (Å²) in [6.45, 7) is 0. The van der Waals surface area contributed by atoms with Gasteiger partial charge in [0.1, 0.15) is 11.6 Å². The number of aliphatic imine (C=N–C) groups is 1. The van der Waals surface area contributed by atoms with Crippen molar-refractivity contribution in [2.75, 3.05) is 18.5 Å². The zero-order valence-corrected chi connectivity index (χ0v) is 12.5. The first-order valence-electron chi connectivity index (χ1n) is 6.39. The maximum Gasteiger partial charge on any atom is 0.224 e. The average Bonchev–Trinajstić information content (AvgIpc) is 2.45. The Morgan fingerprint density at radius 1 is 1.36 bits per heavy atom. The van der Waals surface area contributed by atoms with Crippen molar-refractivity contribution in [3.05, 3.63) is 40.7 Å². The molecule has 1 aromatic carbocycles. The molecule has 1 aliphatic heterocycles. The molecule has 0 saturated heterocycles. The summed E-state index contributed by atoms with van der Waals surface area (Å²) in [4.78, 5) is 7.86. The van der Waals surface area contributed by atoms with Crippen LogP contribution in [-0.2, 0) is 16.3 Å². The number of hydrogen-bond acceptors (Lipinski definition) is 6. The minimum Gasteiger partial charge on any atom is -0.398 e. The van der Waals surface area contributed by atoms with E-state index in [1.807, 2.05) is 0 Å². The molecule has 1 aliphatic rings. The maximum absolute atomic E-state index is 13.4. The minimum absolute atomic E-state index is 0.00372. The number of fused-ring (bicyclic) bond motifs is 2. The molecule has 0 atom stereocenters. The molecule has 0 aliphatic carbocycles. The Morgan fingerprint density at radius 2 is 2.09 bits per heavy atom. The fourth-order valence-corrected chi connectivity index (χ4v) is 4.21. The highest BCUT2D eigenvalue weighted by Gasteiger charge is 2.34. The van der Waals surface area contributed by atoms with E-state index in [0.29, 0.717) is 16.7 Å². The van der Waals surface area contributed by atoms with Gasteiger partial charge in [-0.2, -0.15) is 0 Å². The molecule has 22 heavy (non-hydrogen) atoms. The number of rotatable bonds is 1. The summed E-state index contributed by atoms with van der Waals surface area (Å²) >= 11 is 0. The Morgan fingerprint density at radius 3 is 2.77 bits per heavy atom. The highest BCUT2D eigenvalue weighted by molar-refractivity contribution is 7.91. The molecule has 8 heteroatoms. The number of pyridine rings is 1. The van der Waals surface area contributed by atoms with Crippen molar-refractivity contribution in [3.63, 3.8) is 0 Å². The van der Waals surface area contributed by atoms with Crippen LogP contribution in [0.3, 0.4) is 0 Å². The van der Waals surface area contributed by atoms with E-state index in [2.05, 4.69) is 9.98 Å². The summed E-state index contributed by atoms with van der Waals surface area (Å²) in [5.74, 6) is -0.509. The summed E-state index contributed by atoms with van der Waals surface area (Å²) in [5.41, 5.74) is 13.1. The average molecular weight is 320 g/mol. The molecule has 4 N–H and O–H groups in total. The molecule has 0 fully saturated rings. The summed E-state index contributed by atoms with van der Waals surface area (Å²) in [6, 6.07) is 3.53. The lowest BCUT2D eigenvalue weighted by Crippen LogP contribution is -2.20. The number of aromatic nitrogens is 1. The van der Waals surface area contributed by atoms with Crippen LogP contribution < -0.4 is 11.5 Å². The zero-order chi connectivity index (χ0) is 16.1. The molecule has 0 spiro atoms. The van der Waals surface area contributed by atoms with Gasteiger partial charge in [0.2, 0.25) is 9.84 Å². The van der Waals surface area contributed by atoms with Crippen molar-refractivity contribution in [1.29, 1.82) is 0 Å². The van der Waals surface area contributed by atoms with Crippen molar-refractivity contribution in [2.45, 2.75) is 16.3 Å². The van der Waals surface area contributed by atoms with E-state index >= 15 is 0 Å². The van der Waals surface area contributed by atoms with Crippen molar-refractivity contribution < 1.29 is 12.8 Å². The largest absolute Gasteiger partial charge is 0.398 e. The summed E-state index contributed by atoms with van der Waals surface area (Å²) < 4.78 is 38.7. The molecule has 2 aromatic rings. The number of nitrogens with zero attached hydrogens (tertiary/aromatic N) is 2. The van der Waals surface area contributed by atoms with Gasteiger partial charge in [-0.25, -0.2) is 17.8 Å². The topological polar surface area (TPSA) is 111 Å². The fourth-order valence-electron chi connectivity index (χ4n) is 2.55. The number of hydrogen-bond donors (Lipinski definition) is 2. The first kappa shape index (κ1) is 14.5. The van der Waals surface area contributed by atoms with E-state index in [1.165, 1.54) is 18.3 Å². The van der Waals surface area contributed by atoms with Gasteiger partial charge in [0.25, 0.3) is 0 Å². The molecule has 0 radical (unpaired) electrons. The van der Waals surface area contributed by atoms with E-state index in [0.717, 1.165) is 6.07 Å². The molecule has 6 nitrogen and oxygen atoms in total. The van der Waals surface area contributed by atoms with Gasteiger partial charge in [0.15, 0.2) is 5.03 Å². The van der Waals surface area contributed by atoms with Crippen LogP contribution in [0.25, 0.3) is 0 Å². The van der Waals surface area contributed by atoms with E-state index < -0.39 is 15.7 Å². The van der Waals surface area contributed by atoms with Gasteiger partial charge in [-0.15, -0.1) is 0 Å². The van der Waals surface area contributed by atoms with Gasteiger partial charge < -0.3 is 11.5 Å². The molecule has 3 rings (SSSR count). The SMILES string of the molecule is CN=Cc1c(N)nc2c(c1N)Cc1cc(F)ccc1S2(=O)=O. The maximum atomic E-state index is 13.4. The Bertz CT molecular complexity index is 923. The van der Waals surface area contributed by atoms with Crippen molar-refractivity contribution >= 4 is 27.6 Å². The number of nitrogens with two attached hydrogens (primary N) is 2. The Kier molecular flexibility index (Phi) is 3.13. The molecule has 1 aromatic heterocycles. The molecule has 0 saturated carbocycles. The van der Waals surface area contributed by atoms with Gasteiger partial charge in [0.05, 0.1) is 16.1 Å². The second-order valence-electron chi connectivity index (χ2n) is 4.93. The summed E-state index contributed by atoms with van der Waals surface area (Å²) in [5, 5.41) is -0.171. The molecular weight excluding hydrogens is 307 g/mol. The Labute approximate surface area is 126 Å². The summed E-state index contributed by atoms with van der Waals surface area (Å²) in [6.07, 6.45) is 1.59. The number of benzene rings is 1. The van der Waals surface area contributed by atoms with E-state index in [4.69, 9.17) is 11.5 Å². The minimum atomic E-state index is -3.88. The van der Waals surface area contributed by atoms with Gasteiger partial charge >= 0.3 is 0 Å². The third kappa shape index (κ3) is 1.95. The monoisotopic (exact) mass is 320 g/mol. The van der Waals surface area contributed by atoms with Gasteiger partial charge in [0, 0.05) is 25.2 Å². The van der Waals surface area contributed by atoms with E-state index in [-0.39, 0.29) is 27.8 Å². The Balaban J connectivity index is 2.35. The molecule has 0 unspecified atom stereocenters. The van der Waals surface area contributed by atoms with Crippen LogP contribution >= 0.6 is 0 Å². The van der Waals surface area contributed by atoms with Crippen LogP contribution in [0.1, 0.15) is 16.7 Å².